The number of hydrogen-bond donors (Lipinski definition) is 0. The zero-order valence-corrected chi connectivity index (χ0v) is 12.5. The molecule has 0 aliphatic carbocycles. The van der Waals surface area contributed by atoms with Gasteiger partial charge in [-0.05, 0) is 18.9 Å². The number of carbonyl (C=O) groups is 3. The van der Waals surface area contributed by atoms with Gasteiger partial charge in [-0.1, -0.05) is 19.6 Å². The van der Waals surface area contributed by atoms with E-state index in [1.807, 2.05) is 0 Å². The zero-order valence-electron chi connectivity index (χ0n) is 12.5. The largest absolute Gasteiger partial charge is 0.374 e. The summed E-state index contributed by atoms with van der Waals surface area (Å²) in [7, 11) is 0. The van der Waals surface area contributed by atoms with Crippen LogP contribution in [0.25, 0.3) is 0 Å². The van der Waals surface area contributed by atoms with E-state index in [0.29, 0.717) is 18.7 Å². The first kappa shape index (κ1) is 16.0. The molecule has 0 radical (unpaired) electrons. The molecule has 0 bridgehead atoms. The second-order valence-corrected chi connectivity index (χ2v) is 5.34. The van der Waals surface area contributed by atoms with E-state index in [-0.39, 0.29) is 30.6 Å². The van der Waals surface area contributed by atoms with Crippen LogP contribution in [0.4, 0.5) is 0 Å². The standard InChI is InChI=1S/C16H20N2O4/c1-12-7-8-14(19)17(12)11-5-3-4-6-13(2)22-18-15(20)9-10-16(18)21/h7-8H,1-6,9-11H2. The van der Waals surface area contributed by atoms with Gasteiger partial charge in [0.05, 0.1) is 0 Å². The predicted octanol–water partition coefficient (Wildman–Crippen LogP) is 2.05. The summed E-state index contributed by atoms with van der Waals surface area (Å²) >= 11 is 0. The molecule has 1 fully saturated rings. The number of imide groups is 1. The average molecular weight is 304 g/mol. The fourth-order valence-electron chi connectivity index (χ4n) is 2.34. The van der Waals surface area contributed by atoms with E-state index in [4.69, 9.17) is 4.84 Å². The van der Waals surface area contributed by atoms with Crippen LogP contribution in [0.15, 0.2) is 36.8 Å². The Bertz CT molecular complexity index is 516. The molecule has 0 aromatic heterocycles. The molecule has 6 nitrogen and oxygen atoms in total. The molecule has 2 aliphatic rings. The Hall–Kier alpha value is -2.37. The Morgan fingerprint density at radius 3 is 2.36 bits per heavy atom. The van der Waals surface area contributed by atoms with Gasteiger partial charge in [0, 0.05) is 37.6 Å². The van der Waals surface area contributed by atoms with E-state index in [1.165, 1.54) is 6.08 Å². The first-order valence-corrected chi connectivity index (χ1v) is 7.39. The lowest BCUT2D eigenvalue weighted by atomic mass is 10.1. The lowest BCUT2D eigenvalue weighted by Gasteiger charge is -2.17. The average Bonchev–Trinajstić information content (AvgIpc) is 2.96. The molecule has 0 spiro atoms. The molecule has 118 valence electrons. The van der Waals surface area contributed by atoms with Crippen molar-refractivity contribution < 1.29 is 19.2 Å². The van der Waals surface area contributed by atoms with Crippen molar-refractivity contribution in [2.45, 2.75) is 38.5 Å². The van der Waals surface area contributed by atoms with Gasteiger partial charge < -0.3 is 9.74 Å². The normalized spacial score (nSPS) is 17.8. The molecular weight excluding hydrogens is 284 g/mol. The summed E-state index contributed by atoms with van der Waals surface area (Å²) < 4.78 is 0. The summed E-state index contributed by atoms with van der Waals surface area (Å²) in [5.74, 6) is -0.245. The number of nitrogens with zero attached hydrogens (tertiary/aromatic N) is 2. The maximum absolute atomic E-state index is 11.5. The Kier molecular flexibility index (Phi) is 5.14. The first-order valence-electron chi connectivity index (χ1n) is 7.39. The third-order valence-electron chi connectivity index (χ3n) is 3.59. The minimum atomic E-state index is -0.315. The van der Waals surface area contributed by atoms with E-state index in [0.717, 1.165) is 30.0 Å². The van der Waals surface area contributed by atoms with Crippen molar-refractivity contribution in [2.24, 2.45) is 0 Å². The smallest absolute Gasteiger partial charge is 0.263 e. The van der Waals surface area contributed by atoms with Crippen LogP contribution in [-0.4, -0.2) is 34.2 Å². The molecule has 6 heteroatoms. The fourth-order valence-corrected chi connectivity index (χ4v) is 2.34. The van der Waals surface area contributed by atoms with E-state index in [2.05, 4.69) is 13.2 Å². The minimum absolute atomic E-state index is 0.0243. The predicted molar refractivity (Wildman–Crippen MR) is 79.8 cm³/mol. The van der Waals surface area contributed by atoms with Crippen LogP contribution < -0.4 is 0 Å². The van der Waals surface area contributed by atoms with Gasteiger partial charge >= 0.3 is 0 Å². The van der Waals surface area contributed by atoms with Crippen LogP contribution >= 0.6 is 0 Å². The van der Waals surface area contributed by atoms with Crippen molar-refractivity contribution in [2.75, 3.05) is 6.54 Å². The summed E-state index contributed by atoms with van der Waals surface area (Å²) in [6.07, 6.45) is 6.76. The quantitative estimate of drug-likeness (QED) is 0.391. The number of hydroxylamine groups is 2. The van der Waals surface area contributed by atoms with Crippen molar-refractivity contribution >= 4 is 17.7 Å². The molecule has 1 saturated heterocycles. The van der Waals surface area contributed by atoms with Crippen molar-refractivity contribution in [3.05, 3.63) is 36.8 Å². The highest BCUT2D eigenvalue weighted by Crippen LogP contribution is 2.18. The fraction of sp³-hybridized carbons (Fsp3) is 0.438. The number of rotatable bonds is 8. The van der Waals surface area contributed by atoms with Gasteiger partial charge in [-0.15, -0.1) is 5.06 Å². The summed E-state index contributed by atoms with van der Waals surface area (Å²) in [6.45, 7) is 8.17. The van der Waals surface area contributed by atoms with Crippen LogP contribution in [0.5, 0.6) is 0 Å². The minimum Gasteiger partial charge on any atom is -0.374 e. The van der Waals surface area contributed by atoms with Crippen LogP contribution in [0.2, 0.25) is 0 Å². The lowest BCUT2D eigenvalue weighted by Crippen LogP contribution is -2.28. The Balaban J connectivity index is 1.60. The SMILES string of the molecule is C=C(CCCCCN1C(=C)C=CC1=O)ON1C(=O)CCC1=O. The molecule has 2 aliphatic heterocycles. The Labute approximate surface area is 129 Å². The number of allylic oxidation sites excluding steroid dienone is 2. The Morgan fingerprint density at radius 1 is 1.09 bits per heavy atom. The summed E-state index contributed by atoms with van der Waals surface area (Å²) in [5, 5.41) is 0.806. The molecular formula is C16H20N2O4. The summed E-state index contributed by atoms with van der Waals surface area (Å²) in [6, 6.07) is 0. The van der Waals surface area contributed by atoms with Gasteiger partial charge in [0.2, 0.25) is 0 Å². The van der Waals surface area contributed by atoms with Gasteiger partial charge in [-0.25, -0.2) is 0 Å². The van der Waals surface area contributed by atoms with Crippen molar-refractivity contribution in [3.8, 4) is 0 Å². The van der Waals surface area contributed by atoms with Crippen LogP contribution in [0, 0.1) is 0 Å². The van der Waals surface area contributed by atoms with Crippen LogP contribution in [0.1, 0.15) is 38.5 Å². The third kappa shape index (κ3) is 3.84. The highest BCUT2D eigenvalue weighted by Gasteiger charge is 2.31. The molecule has 0 aromatic carbocycles. The van der Waals surface area contributed by atoms with Gasteiger partial charge in [-0.2, -0.15) is 0 Å². The number of amides is 3. The molecule has 3 amide bonds. The lowest BCUT2D eigenvalue weighted by molar-refractivity contribution is -0.177. The number of unbranched alkanes of at least 4 members (excludes halogenated alkanes) is 2. The summed E-state index contributed by atoms with van der Waals surface area (Å²) in [5.41, 5.74) is 0.726. The molecule has 0 atom stereocenters. The first-order chi connectivity index (χ1) is 10.5. The monoisotopic (exact) mass is 304 g/mol. The van der Waals surface area contributed by atoms with E-state index >= 15 is 0 Å². The van der Waals surface area contributed by atoms with E-state index in [1.54, 1.807) is 11.0 Å². The third-order valence-corrected chi connectivity index (χ3v) is 3.59. The second-order valence-electron chi connectivity index (χ2n) is 5.34. The van der Waals surface area contributed by atoms with Gasteiger partial charge in [0.15, 0.2) is 0 Å². The molecule has 22 heavy (non-hydrogen) atoms. The maximum atomic E-state index is 11.5. The van der Waals surface area contributed by atoms with Gasteiger partial charge in [0.1, 0.15) is 5.76 Å². The van der Waals surface area contributed by atoms with Crippen molar-refractivity contribution in [1.82, 2.24) is 9.96 Å². The number of hydrogen-bond acceptors (Lipinski definition) is 4. The molecule has 0 saturated carbocycles. The topological polar surface area (TPSA) is 66.9 Å². The van der Waals surface area contributed by atoms with E-state index < -0.39 is 0 Å². The Morgan fingerprint density at radius 2 is 1.77 bits per heavy atom. The molecule has 0 aromatic rings. The second kappa shape index (κ2) is 7.06. The highest BCUT2D eigenvalue weighted by molar-refractivity contribution is 6.00. The van der Waals surface area contributed by atoms with Crippen molar-refractivity contribution in [3.63, 3.8) is 0 Å². The van der Waals surface area contributed by atoms with Gasteiger partial charge in [-0.3, -0.25) is 14.4 Å². The zero-order chi connectivity index (χ0) is 16.1. The highest BCUT2D eigenvalue weighted by atomic mass is 16.7. The maximum Gasteiger partial charge on any atom is 0.263 e. The van der Waals surface area contributed by atoms with E-state index in [9.17, 15) is 14.4 Å². The molecule has 2 rings (SSSR count). The molecule has 0 N–H and O–H groups in total. The van der Waals surface area contributed by atoms with Crippen LogP contribution in [0.3, 0.4) is 0 Å². The van der Waals surface area contributed by atoms with Crippen molar-refractivity contribution in [1.29, 1.82) is 0 Å². The molecule has 0 unspecified atom stereocenters. The van der Waals surface area contributed by atoms with Crippen LogP contribution in [-0.2, 0) is 19.2 Å². The van der Waals surface area contributed by atoms with Gasteiger partial charge in [0.25, 0.3) is 17.7 Å². The molecule has 2 heterocycles. The number of carbonyl (C=O) groups excluding carboxylic acids is 3. The summed E-state index contributed by atoms with van der Waals surface area (Å²) in [4.78, 5) is 41.1.